The Morgan fingerprint density at radius 3 is 2.38 bits per heavy atom. The number of fused-ring (bicyclic) bond motifs is 2. The molecule has 0 aromatic heterocycles. The first kappa shape index (κ1) is 20.2. The summed E-state index contributed by atoms with van der Waals surface area (Å²) < 4.78 is 10.9. The molecule has 29 heavy (non-hydrogen) atoms. The summed E-state index contributed by atoms with van der Waals surface area (Å²) in [6.07, 6.45) is 0. The van der Waals surface area contributed by atoms with E-state index in [0.29, 0.717) is 45.0 Å². The predicted octanol–water partition coefficient (Wildman–Crippen LogP) is 1.48. The third kappa shape index (κ3) is 3.62. The van der Waals surface area contributed by atoms with E-state index in [1.165, 1.54) is 0 Å². The van der Waals surface area contributed by atoms with Crippen LogP contribution in [0.5, 0.6) is 5.75 Å². The number of rotatable bonds is 2. The van der Waals surface area contributed by atoms with E-state index < -0.39 is 0 Å². The molecular weight excluding hydrogens is 370 g/mol. The standard InChI is InChI=1S/C22H31N3O4/c1-21(2,3)20(27)24-14-22(15-24)13-23(11-17-12-29-10-9-25(17)22)19(26)16-5-7-18(28-4)8-6-16/h5-8,17H,9-15H2,1-4H3/t17-/m1/s1. The number of nitrogens with zero attached hydrogens (tertiary/aromatic N) is 3. The lowest BCUT2D eigenvalue weighted by molar-refractivity contribution is -0.178. The van der Waals surface area contributed by atoms with Crippen molar-refractivity contribution in [3.63, 3.8) is 0 Å². The molecule has 3 aliphatic rings. The number of likely N-dealkylation sites (tertiary alicyclic amines) is 1. The van der Waals surface area contributed by atoms with Crippen LogP contribution in [-0.4, -0.2) is 91.1 Å². The van der Waals surface area contributed by atoms with Crippen LogP contribution >= 0.6 is 0 Å². The highest BCUT2D eigenvalue weighted by Crippen LogP contribution is 2.38. The molecule has 0 unspecified atom stereocenters. The Morgan fingerprint density at radius 1 is 1.10 bits per heavy atom. The highest BCUT2D eigenvalue weighted by atomic mass is 16.5. The van der Waals surface area contributed by atoms with Crippen molar-refractivity contribution in [1.82, 2.24) is 14.7 Å². The lowest BCUT2D eigenvalue weighted by Gasteiger charge is -2.63. The molecule has 7 heteroatoms. The molecule has 0 aliphatic carbocycles. The third-order valence-corrected chi connectivity index (χ3v) is 6.28. The molecule has 7 nitrogen and oxygen atoms in total. The fourth-order valence-corrected chi connectivity index (χ4v) is 4.83. The van der Waals surface area contributed by atoms with Crippen molar-refractivity contribution in [2.75, 3.05) is 53.0 Å². The molecule has 3 saturated heterocycles. The zero-order chi connectivity index (χ0) is 20.8. The summed E-state index contributed by atoms with van der Waals surface area (Å²) >= 11 is 0. The Hall–Kier alpha value is -2.12. The molecule has 3 aliphatic heterocycles. The van der Waals surface area contributed by atoms with Gasteiger partial charge < -0.3 is 19.3 Å². The maximum absolute atomic E-state index is 13.2. The summed E-state index contributed by atoms with van der Waals surface area (Å²) in [6, 6.07) is 7.43. The molecule has 1 aromatic carbocycles. The first-order valence-electron chi connectivity index (χ1n) is 10.3. The van der Waals surface area contributed by atoms with Crippen LogP contribution in [-0.2, 0) is 9.53 Å². The zero-order valence-corrected chi connectivity index (χ0v) is 17.8. The number of carbonyl (C=O) groups is 2. The van der Waals surface area contributed by atoms with Crippen LogP contribution in [0.1, 0.15) is 31.1 Å². The van der Waals surface area contributed by atoms with Gasteiger partial charge in [0.05, 0.1) is 31.9 Å². The Bertz CT molecular complexity index is 780. The molecule has 4 rings (SSSR count). The number of morpholine rings is 1. The fraction of sp³-hybridized carbons (Fsp3) is 0.636. The second-order valence-corrected chi connectivity index (χ2v) is 9.47. The summed E-state index contributed by atoms with van der Waals surface area (Å²) in [5.41, 5.74) is 0.0998. The third-order valence-electron chi connectivity index (χ3n) is 6.28. The van der Waals surface area contributed by atoms with E-state index in [1.54, 1.807) is 7.11 Å². The van der Waals surface area contributed by atoms with Gasteiger partial charge in [0.25, 0.3) is 5.91 Å². The van der Waals surface area contributed by atoms with E-state index in [-0.39, 0.29) is 28.8 Å². The van der Waals surface area contributed by atoms with Crippen molar-refractivity contribution in [2.45, 2.75) is 32.4 Å². The SMILES string of the molecule is COc1ccc(C(=O)N2C[C@@H]3COCCN3C3(C2)CN(C(=O)C(C)(C)C)C3)cc1. The second-order valence-electron chi connectivity index (χ2n) is 9.47. The average molecular weight is 402 g/mol. The minimum absolute atomic E-state index is 0.0258. The van der Waals surface area contributed by atoms with Crippen molar-refractivity contribution in [3.05, 3.63) is 29.8 Å². The van der Waals surface area contributed by atoms with Crippen LogP contribution < -0.4 is 4.74 Å². The Balaban J connectivity index is 1.54. The molecule has 0 radical (unpaired) electrons. The number of benzene rings is 1. The highest BCUT2D eigenvalue weighted by molar-refractivity contribution is 5.94. The Labute approximate surface area is 172 Å². The van der Waals surface area contributed by atoms with E-state index in [0.717, 1.165) is 12.3 Å². The van der Waals surface area contributed by atoms with Crippen molar-refractivity contribution in [3.8, 4) is 5.75 Å². The maximum Gasteiger partial charge on any atom is 0.253 e. The van der Waals surface area contributed by atoms with Crippen LogP contribution in [0.4, 0.5) is 0 Å². The minimum Gasteiger partial charge on any atom is -0.497 e. The molecule has 1 aromatic rings. The van der Waals surface area contributed by atoms with Crippen LogP contribution in [0.3, 0.4) is 0 Å². The van der Waals surface area contributed by atoms with Gasteiger partial charge in [0.15, 0.2) is 0 Å². The van der Waals surface area contributed by atoms with Gasteiger partial charge in [-0.15, -0.1) is 0 Å². The summed E-state index contributed by atoms with van der Waals surface area (Å²) in [5, 5.41) is 0. The van der Waals surface area contributed by atoms with Gasteiger partial charge in [-0.2, -0.15) is 0 Å². The monoisotopic (exact) mass is 401 g/mol. The number of carbonyl (C=O) groups excluding carboxylic acids is 2. The minimum atomic E-state index is -0.390. The summed E-state index contributed by atoms with van der Waals surface area (Å²) in [6.45, 7) is 10.7. The van der Waals surface area contributed by atoms with Gasteiger partial charge in [-0.1, -0.05) is 20.8 Å². The highest BCUT2D eigenvalue weighted by Gasteiger charge is 2.56. The quantitative estimate of drug-likeness (QED) is 0.751. The number of hydrogen-bond donors (Lipinski definition) is 0. The fourth-order valence-electron chi connectivity index (χ4n) is 4.83. The Morgan fingerprint density at radius 2 is 1.76 bits per heavy atom. The van der Waals surface area contributed by atoms with Crippen molar-refractivity contribution in [2.24, 2.45) is 5.41 Å². The van der Waals surface area contributed by atoms with E-state index >= 15 is 0 Å². The van der Waals surface area contributed by atoms with E-state index in [1.807, 2.05) is 54.8 Å². The molecule has 2 amide bonds. The van der Waals surface area contributed by atoms with Gasteiger partial charge in [-0.3, -0.25) is 14.5 Å². The number of methoxy groups -OCH3 is 1. The summed E-state index contributed by atoms with van der Waals surface area (Å²) in [4.78, 5) is 32.3. The molecular formula is C22H31N3O4. The number of ether oxygens (including phenoxy) is 2. The van der Waals surface area contributed by atoms with Gasteiger partial charge in [0, 0.05) is 43.7 Å². The molecule has 158 valence electrons. The van der Waals surface area contributed by atoms with Gasteiger partial charge in [0.2, 0.25) is 5.91 Å². The smallest absolute Gasteiger partial charge is 0.253 e. The van der Waals surface area contributed by atoms with Gasteiger partial charge in [-0.25, -0.2) is 0 Å². The molecule has 0 saturated carbocycles. The number of amides is 2. The number of piperazine rings is 1. The molecule has 3 heterocycles. The van der Waals surface area contributed by atoms with Crippen LogP contribution in [0.15, 0.2) is 24.3 Å². The van der Waals surface area contributed by atoms with Crippen LogP contribution in [0.2, 0.25) is 0 Å². The van der Waals surface area contributed by atoms with Crippen molar-refractivity contribution in [1.29, 1.82) is 0 Å². The van der Waals surface area contributed by atoms with Crippen LogP contribution in [0, 0.1) is 5.41 Å². The van der Waals surface area contributed by atoms with Crippen molar-refractivity contribution < 1.29 is 19.1 Å². The zero-order valence-electron chi connectivity index (χ0n) is 17.8. The molecule has 1 spiro atoms. The maximum atomic E-state index is 13.2. The topological polar surface area (TPSA) is 62.3 Å². The molecule has 3 fully saturated rings. The average Bonchev–Trinajstić information content (AvgIpc) is 2.69. The lowest BCUT2D eigenvalue weighted by atomic mass is 9.80. The van der Waals surface area contributed by atoms with Gasteiger partial charge in [-0.05, 0) is 24.3 Å². The van der Waals surface area contributed by atoms with E-state index in [2.05, 4.69) is 4.90 Å². The van der Waals surface area contributed by atoms with Gasteiger partial charge in [0.1, 0.15) is 5.75 Å². The number of hydrogen-bond acceptors (Lipinski definition) is 5. The largest absolute Gasteiger partial charge is 0.497 e. The van der Waals surface area contributed by atoms with E-state index in [9.17, 15) is 9.59 Å². The van der Waals surface area contributed by atoms with E-state index in [4.69, 9.17) is 9.47 Å². The molecule has 0 bridgehead atoms. The first-order valence-corrected chi connectivity index (χ1v) is 10.3. The molecule has 0 N–H and O–H groups in total. The lowest BCUT2D eigenvalue weighted by Crippen LogP contribution is -2.81. The Kier molecular flexibility index (Phi) is 5.07. The van der Waals surface area contributed by atoms with Crippen LogP contribution in [0.25, 0.3) is 0 Å². The molecule has 1 atom stereocenters. The predicted molar refractivity (Wildman–Crippen MR) is 109 cm³/mol. The summed E-state index contributed by atoms with van der Waals surface area (Å²) in [7, 11) is 1.62. The van der Waals surface area contributed by atoms with Gasteiger partial charge >= 0.3 is 0 Å². The second kappa shape index (κ2) is 7.29. The normalized spacial score (nSPS) is 24.1. The first-order chi connectivity index (χ1) is 13.7. The summed E-state index contributed by atoms with van der Waals surface area (Å²) in [5.74, 6) is 0.934. The van der Waals surface area contributed by atoms with Crippen molar-refractivity contribution >= 4 is 11.8 Å².